The van der Waals surface area contributed by atoms with Crippen molar-refractivity contribution < 1.29 is 17.9 Å². The smallest absolute Gasteiger partial charge is 0.243 e. The van der Waals surface area contributed by atoms with Crippen LogP contribution < -0.4 is 10.1 Å². The summed E-state index contributed by atoms with van der Waals surface area (Å²) in [5, 5.41) is 3.44. The lowest BCUT2D eigenvalue weighted by Crippen LogP contribution is -2.50. The number of piperidine rings is 1. The largest absolute Gasteiger partial charge is 0.496 e. The standard InChI is InChI=1S/C27H36N4O4S/c1-3-28-26-18-21(29-25-6-4-5-24(25)26)17-20-7-8-23(19-27(20)34-2)36(32,33)31-11-9-22(10-12-31)30-13-15-35-16-14-30/h4-5,7-8,18-19,22H,3,6,9-17H2,1-2H3,(H,28,29). The molecule has 5 rings (SSSR count). The van der Waals surface area contributed by atoms with E-state index in [1.54, 1.807) is 23.5 Å². The van der Waals surface area contributed by atoms with E-state index in [-0.39, 0.29) is 4.90 Å². The summed E-state index contributed by atoms with van der Waals surface area (Å²) in [6.07, 6.45) is 7.35. The van der Waals surface area contributed by atoms with Gasteiger partial charge in [0.05, 0.1) is 30.9 Å². The molecule has 9 heteroatoms. The number of pyridine rings is 1. The molecule has 1 aromatic carbocycles. The highest BCUT2D eigenvalue weighted by molar-refractivity contribution is 7.89. The van der Waals surface area contributed by atoms with Crippen LogP contribution in [0, 0.1) is 0 Å². The second-order valence-corrected chi connectivity index (χ2v) is 11.5. The van der Waals surface area contributed by atoms with Crippen molar-refractivity contribution in [2.45, 2.75) is 43.5 Å². The number of hydrogen-bond donors (Lipinski definition) is 1. The van der Waals surface area contributed by atoms with E-state index in [0.717, 1.165) is 80.3 Å². The Morgan fingerprint density at radius 1 is 1.14 bits per heavy atom. The molecular weight excluding hydrogens is 476 g/mol. The topological polar surface area (TPSA) is 84.0 Å². The van der Waals surface area contributed by atoms with Gasteiger partial charge in [-0.2, -0.15) is 4.31 Å². The molecule has 0 bridgehead atoms. The fraction of sp³-hybridized carbons (Fsp3) is 0.519. The van der Waals surface area contributed by atoms with Gasteiger partial charge in [-0.3, -0.25) is 9.88 Å². The SMILES string of the molecule is CCNc1cc(Cc2ccc(S(=O)(=O)N3CCC(N4CCOCC4)CC3)cc2OC)nc2c1C=CC2. The average molecular weight is 513 g/mol. The zero-order chi connectivity index (χ0) is 25.1. The molecule has 194 valence electrons. The summed E-state index contributed by atoms with van der Waals surface area (Å²) in [7, 11) is -1.99. The quantitative estimate of drug-likeness (QED) is 0.582. The van der Waals surface area contributed by atoms with Gasteiger partial charge in [0.1, 0.15) is 5.75 Å². The second kappa shape index (κ2) is 10.9. The molecule has 8 nitrogen and oxygen atoms in total. The molecule has 0 unspecified atom stereocenters. The number of morpholine rings is 1. The van der Waals surface area contributed by atoms with Gasteiger partial charge in [-0.25, -0.2) is 8.42 Å². The number of aromatic nitrogens is 1. The Morgan fingerprint density at radius 2 is 1.92 bits per heavy atom. The minimum absolute atomic E-state index is 0.285. The number of sulfonamides is 1. The van der Waals surface area contributed by atoms with Crippen LogP contribution in [-0.4, -0.2) is 81.7 Å². The molecule has 0 radical (unpaired) electrons. The first-order chi connectivity index (χ1) is 17.5. The molecule has 3 aliphatic rings. The van der Waals surface area contributed by atoms with Crippen LogP contribution in [0.15, 0.2) is 35.2 Å². The van der Waals surface area contributed by atoms with E-state index in [9.17, 15) is 8.42 Å². The molecule has 2 aliphatic heterocycles. The predicted octanol–water partition coefficient (Wildman–Crippen LogP) is 3.17. The molecular formula is C27H36N4O4S. The van der Waals surface area contributed by atoms with Gasteiger partial charge in [0, 0.05) is 80.2 Å². The minimum atomic E-state index is -3.58. The Kier molecular flexibility index (Phi) is 7.62. The molecule has 0 atom stereocenters. The molecule has 2 saturated heterocycles. The van der Waals surface area contributed by atoms with Crippen molar-refractivity contribution in [2.24, 2.45) is 0 Å². The van der Waals surface area contributed by atoms with Crippen molar-refractivity contribution in [1.82, 2.24) is 14.2 Å². The van der Waals surface area contributed by atoms with Crippen molar-refractivity contribution in [3.8, 4) is 5.75 Å². The number of nitrogens with one attached hydrogen (secondary N) is 1. The van der Waals surface area contributed by atoms with Gasteiger partial charge in [-0.1, -0.05) is 18.2 Å². The first kappa shape index (κ1) is 25.2. The number of ether oxygens (including phenoxy) is 2. The molecule has 3 heterocycles. The zero-order valence-corrected chi connectivity index (χ0v) is 22.0. The Labute approximate surface area is 214 Å². The van der Waals surface area contributed by atoms with Crippen molar-refractivity contribution in [3.05, 3.63) is 52.9 Å². The van der Waals surface area contributed by atoms with Crippen LogP contribution in [0.1, 0.15) is 42.3 Å². The highest BCUT2D eigenvalue weighted by Gasteiger charge is 2.32. The number of benzene rings is 1. The lowest BCUT2D eigenvalue weighted by molar-refractivity contribution is 0.00610. The van der Waals surface area contributed by atoms with Gasteiger partial charge in [0.2, 0.25) is 10.0 Å². The molecule has 1 aliphatic carbocycles. The lowest BCUT2D eigenvalue weighted by Gasteiger charge is -2.39. The van der Waals surface area contributed by atoms with Crippen molar-refractivity contribution in [3.63, 3.8) is 0 Å². The van der Waals surface area contributed by atoms with E-state index in [2.05, 4.69) is 35.4 Å². The van der Waals surface area contributed by atoms with E-state index in [0.29, 0.717) is 31.3 Å². The van der Waals surface area contributed by atoms with Crippen LogP contribution in [0.3, 0.4) is 0 Å². The van der Waals surface area contributed by atoms with Crippen LogP contribution >= 0.6 is 0 Å². The van der Waals surface area contributed by atoms with Crippen LogP contribution in [0.25, 0.3) is 6.08 Å². The molecule has 1 N–H and O–H groups in total. The van der Waals surface area contributed by atoms with Gasteiger partial charge >= 0.3 is 0 Å². The Bertz CT molecular complexity index is 1220. The Morgan fingerprint density at radius 3 is 2.64 bits per heavy atom. The minimum Gasteiger partial charge on any atom is -0.496 e. The summed E-state index contributed by atoms with van der Waals surface area (Å²) >= 11 is 0. The number of nitrogens with zero attached hydrogens (tertiary/aromatic N) is 3. The number of methoxy groups -OCH3 is 1. The maximum Gasteiger partial charge on any atom is 0.243 e. The normalized spacial score (nSPS) is 19.4. The molecule has 2 aromatic rings. The van der Waals surface area contributed by atoms with Gasteiger partial charge in [-0.15, -0.1) is 0 Å². The van der Waals surface area contributed by atoms with Crippen LogP contribution in [0.4, 0.5) is 5.69 Å². The van der Waals surface area contributed by atoms with Crippen LogP contribution in [0.2, 0.25) is 0 Å². The zero-order valence-electron chi connectivity index (χ0n) is 21.2. The monoisotopic (exact) mass is 512 g/mol. The fourth-order valence-electron chi connectivity index (χ4n) is 5.49. The number of allylic oxidation sites excluding steroid dienone is 1. The molecule has 0 spiro atoms. The van der Waals surface area contributed by atoms with E-state index in [1.165, 1.54) is 0 Å². The third-order valence-electron chi connectivity index (χ3n) is 7.41. The maximum absolute atomic E-state index is 13.5. The van der Waals surface area contributed by atoms with Crippen LogP contribution in [0.5, 0.6) is 5.75 Å². The third-order valence-corrected chi connectivity index (χ3v) is 9.30. The van der Waals surface area contributed by atoms with E-state index in [1.807, 2.05) is 6.07 Å². The van der Waals surface area contributed by atoms with Crippen LogP contribution in [-0.2, 0) is 27.6 Å². The van der Waals surface area contributed by atoms with Crippen molar-refractivity contribution >= 4 is 21.8 Å². The molecule has 2 fully saturated rings. The van der Waals surface area contributed by atoms with Gasteiger partial charge in [0.15, 0.2) is 0 Å². The summed E-state index contributed by atoms with van der Waals surface area (Å²) < 4.78 is 39.7. The maximum atomic E-state index is 13.5. The fourth-order valence-corrected chi connectivity index (χ4v) is 6.97. The highest BCUT2D eigenvalue weighted by atomic mass is 32.2. The van der Waals surface area contributed by atoms with Gasteiger partial charge in [0.25, 0.3) is 0 Å². The van der Waals surface area contributed by atoms with E-state index in [4.69, 9.17) is 14.5 Å². The lowest BCUT2D eigenvalue weighted by atomic mass is 10.0. The molecule has 36 heavy (non-hydrogen) atoms. The molecule has 0 amide bonds. The number of anilines is 1. The van der Waals surface area contributed by atoms with E-state index >= 15 is 0 Å². The summed E-state index contributed by atoms with van der Waals surface area (Å²) in [5.41, 5.74) is 5.18. The number of fused-ring (bicyclic) bond motifs is 1. The number of hydrogen-bond acceptors (Lipinski definition) is 7. The van der Waals surface area contributed by atoms with E-state index < -0.39 is 10.0 Å². The summed E-state index contributed by atoms with van der Waals surface area (Å²) in [5.74, 6) is 0.574. The summed E-state index contributed by atoms with van der Waals surface area (Å²) in [4.78, 5) is 7.59. The predicted molar refractivity (Wildman–Crippen MR) is 141 cm³/mol. The van der Waals surface area contributed by atoms with Gasteiger partial charge < -0.3 is 14.8 Å². The third kappa shape index (κ3) is 5.16. The first-order valence-electron chi connectivity index (χ1n) is 12.9. The summed E-state index contributed by atoms with van der Waals surface area (Å²) in [6.45, 7) is 7.38. The Balaban J connectivity index is 1.31. The number of rotatable bonds is 8. The van der Waals surface area contributed by atoms with Crippen molar-refractivity contribution in [1.29, 1.82) is 0 Å². The van der Waals surface area contributed by atoms with Crippen molar-refractivity contribution in [2.75, 3.05) is 58.4 Å². The molecule has 0 saturated carbocycles. The second-order valence-electron chi connectivity index (χ2n) is 9.59. The summed E-state index contributed by atoms with van der Waals surface area (Å²) in [6, 6.07) is 7.76. The first-order valence-corrected chi connectivity index (χ1v) is 14.4. The molecule has 1 aromatic heterocycles. The average Bonchev–Trinajstić information content (AvgIpc) is 3.39. The van der Waals surface area contributed by atoms with Gasteiger partial charge in [-0.05, 0) is 31.9 Å². The Hall–Kier alpha value is -2.46. The highest BCUT2D eigenvalue weighted by Crippen LogP contribution is 2.31.